The molecule has 2 nitrogen and oxygen atoms in total. The van der Waals surface area contributed by atoms with E-state index in [0.717, 1.165) is 0 Å². The van der Waals surface area contributed by atoms with Crippen molar-refractivity contribution in [3.05, 3.63) is 0 Å². The van der Waals surface area contributed by atoms with Gasteiger partial charge in [0.1, 0.15) is 0 Å². The van der Waals surface area contributed by atoms with Gasteiger partial charge in [-0.05, 0) is 6.61 Å². The predicted octanol–water partition coefficient (Wildman–Crippen LogP) is -0.260. The molecular weight excluding hydrogens is 119 g/mol. The Morgan fingerprint density at radius 1 is 1.83 bits per heavy atom. The fraction of sp³-hybridized carbons (Fsp3) is 0.667. The van der Waals surface area contributed by atoms with E-state index in [-0.39, 0.29) is 25.2 Å². The van der Waals surface area contributed by atoms with Crippen molar-refractivity contribution in [2.45, 2.75) is 0 Å². The van der Waals surface area contributed by atoms with Crippen molar-refractivity contribution in [1.29, 1.82) is 0 Å². The molecule has 0 saturated carbocycles. The third-order valence-corrected chi connectivity index (χ3v) is 0.203. The van der Waals surface area contributed by atoms with Gasteiger partial charge in [0.05, 0.1) is 0 Å². The van der Waals surface area contributed by atoms with Crippen LogP contribution in [0.5, 0.6) is 0 Å². The van der Waals surface area contributed by atoms with Gasteiger partial charge in [0, 0.05) is 7.11 Å². The summed E-state index contributed by atoms with van der Waals surface area (Å²) in [5.74, 6) is 0. The van der Waals surface area contributed by atoms with Crippen molar-refractivity contribution < 1.29 is 28.1 Å². The molecule has 0 N–H and O–H groups in total. The fourth-order valence-corrected chi connectivity index (χ4v) is 0.0589. The minimum atomic E-state index is 0. The Balaban J connectivity index is 0. The molecule has 0 aliphatic rings. The van der Waals surface area contributed by atoms with Crippen molar-refractivity contribution in [2.75, 3.05) is 13.7 Å². The fourth-order valence-electron chi connectivity index (χ4n) is 0.0589. The van der Waals surface area contributed by atoms with Gasteiger partial charge in [-0.25, -0.2) is 6.29 Å². The maximum atomic E-state index is 9.15. The predicted molar refractivity (Wildman–Crippen MR) is 17.6 cm³/mol. The average Bonchev–Trinajstić information content (AvgIpc) is 1.41. The van der Waals surface area contributed by atoms with Crippen LogP contribution in [0, 0.1) is 0 Å². The molecule has 1 radical (unpaired) electrons. The zero-order valence-corrected chi connectivity index (χ0v) is 4.87. The Bertz CT molecular complexity index is 30.0. The van der Waals surface area contributed by atoms with Crippen molar-refractivity contribution in [2.24, 2.45) is 0 Å². The second-order valence-corrected chi connectivity index (χ2v) is 0.577. The minimum Gasteiger partial charge on any atom is -0.540 e. The van der Waals surface area contributed by atoms with Gasteiger partial charge in [0.25, 0.3) is 0 Å². The standard InChI is InChI=1S/C3H5O2.V/c1-5-3-2-4;/h3H2,1H3;/q-1;+2. The van der Waals surface area contributed by atoms with Gasteiger partial charge >= 0.3 is 18.6 Å². The number of hydrogen-bond acceptors (Lipinski definition) is 2. The largest absolute Gasteiger partial charge is 2.00 e. The van der Waals surface area contributed by atoms with Gasteiger partial charge in [-0.15, -0.1) is 0 Å². The first-order valence-corrected chi connectivity index (χ1v) is 1.25. The first-order chi connectivity index (χ1) is 2.41. The molecule has 0 bridgehead atoms. The van der Waals surface area contributed by atoms with Gasteiger partial charge < -0.3 is 9.53 Å². The molecule has 0 aliphatic carbocycles. The normalized spacial score (nSPS) is 6.17. The Morgan fingerprint density at radius 3 is 2.33 bits per heavy atom. The van der Waals surface area contributed by atoms with E-state index >= 15 is 0 Å². The maximum absolute atomic E-state index is 9.15. The third-order valence-electron chi connectivity index (χ3n) is 0.203. The van der Waals surface area contributed by atoms with E-state index in [0.29, 0.717) is 0 Å². The molecule has 0 aromatic heterocycles. The van der Waals surface area contributed by atoms with Crippen molar-refractivity contribution in [3.8, 4) is 0 Å². The van der Waals surface area contributed by atoms with Crippen LogP contribution in [-0.2, 0) is 28.1 Å². The van der Waals surface area contributed by atoms with Gasteiger partial charge in [0.15, 0.2) is 0 Å². The SMILES string of the molecule is COC[C-]=O.[V+2]. The number of hydrogen-bond donors (Lipinski definition) is 0. The smallest absolute Gasteiger partial charge is 0.540 e. The monoisotopic (exact) mass is 124 g/mol. The van der Waals surface area contributed by atoms with Gasteiger partial charge in [-0.3, -0.25) is 0 Å². The second-order valence-electron chi connectivity index (χ2n) is 0.577. The first-order valence-electron chi connectivity index (χ1n) is 1.25. The van der Waals surface area contributed by atoms with E-state index in [1.54, 1.807) is 6.29 Å². The van der Waals surface area contributed by atoms with Crippen LogP contribution >= 0.6 is 0 Å². The number of carbonyl (C=O) groups excluding carboxylic acids is 1. The van der Waals surface area contributed by atoms with Crippen molar-refractivity contribution in [1.82, 2.24) is 0 Å². The molecule has 33 valence electrons. The summed E-state index contributed by atoms with van der Waals surface area (Å²) >= 11 is 0. The molecular formula is C3H5O2V+. The Morgan fingerprint density at radius 2 is 2.33 bits per heavy atom. The maximum Gasteiger partial charge on any atom is 2.00 e. The topological polar surface area (TPSA) is 26.3 Å². The number of methoxy groups -OCH3 is 1. The van der Waals surface area contributed by atoms with Crippen LogP contribution in [0.15, 0.2) is 0 Å². The second kappa shape index (κ2) is 8.96. The van der Waals surface area contributed by atoms with E-state index < -0.39 is 0 Å². The van der Waals surface area contributed by atoms with Crippen LogP contribution in [0.25, 0.3) is 0 Å². The minimum absolute atomic E-state index is 0. The van der Waals surface area contributed by atoms with Gasteiger partial charge in [-0.1, -0.05) is 0 Å². The number of ether oxygens (including phenoxy) is 1. The Labute approximate surface area is 48.8 Å². The zero-order valence-electron chi connectivity index (χ0n) is 3.47. The molecule has 0 aromatic carbocycles. The number of rotatable bonds is 2. The summed E-state index contributed by atoms with van der Waals surface area (Å²) in [6.07, 6.45) is 1.55. The summed E-state index contributed by atoms with van der Waals surface area (Å²) in [7, 11) is 1.45. The molecule has 0 unspecified atom stereocenters. The van der Waals surface area contributed by atoms with Crippen LogP contribution in [0.4, 0.5) is 0 Å². The summed E-state index contributed by atoms with van der Waals surface area (Å²) in [5, 5.41) is 0. The van der Waals surface area contributed by atoms with Crippen LogP contribution in [0.2, 0.25) is 0 Å². The zero-order chi connectivity index (χ0) is 4.12. The van der Waals surface area contributed by atoms with Crippen LogP contribution in [0.3, 0.4) is 0 Å². The summed E-state index contributed by atoms with van der Waals surface area (Å²) in [5.41, 5.74) is 0. The molecule has 0 saturated heterocycles. The quantitative estimate of drug-likeness (QED) is 0.474. The molecule has 6 heavy (non-hydrogen) atoms. The molecule has 0 atom stereocenters. The van der Waals surface area contributed by atoms with Gasteiger partial charge in [0.2, 0.25) is 0 Å². The summed E-state index contributed by atoms with van der Waals surface area (Å²) in [6.45, 7) is 0.0833. The molecule has 0 heterocycles. The molecule has 0 aliphatic heterocycles. The molecule has 0 amide bonds. The van der Waals surface area contributed by atoms with Crippen molar-refractivity contribution in [3.63, 3.8) is 0 Å². The summed E-state index contributed by atoms with van der Waals surface area (Å²) in [4.78, 5) is 9.15. The van der Waals surface area contributed by atoms with E-state index in [2.05, 4.69) is 4.74 Å². The summed E-state index contributed by atoms with van der Waals surface area (Å²) < 4.78 is 4.27. The van der Waals surface area contributed by atoms with Crippen molar-refractivity contribution >= 4 is 6.29 Å². The van der Waals surface area contributed by atoms with E-state index in [1.807, 2.05) is 0 Å². The Kier molecular flexibility index (Phi) is 14.2. The van der Waals surface area contributed by atoms with Crippen LogP contribution < -0.4 is 0 Å². The van der Waals surface area contributed by atoms with E-state index in [9.17, 15) is 0 Å². The van der Waals surface area contributed by atoms with Gasteiger partial charge in [-0.2, -0.15) is 0 Å². The molecule has 0 spiro atoms. The molecule has 0 aromatic rings. The third kappa shape index (κ3) is 8.88. The average molecular weight is 124 g/mol. The van der Waals surface area contributed by atoms with E-state index in [4.69, 9.17) is 4.79 Å². The Hall–Kier alpha value is 0.214. The molecule has 0 fully saturated rings. The molecule has 0 rings (SSSR count). The van der Waals surface area contributed by atoms with Crippen LogP contribution in [0.1, 0.15) is 0 Å². The van der Waals surface area contributed by atoms with Crippen LogP contribution in [-0.4, -0.2) is 20.0 Å². The first kappa shape index (κ1) is 9.51. The molecule has 3 heteroatoms. The summed E-state index contributed by atoms with van der Waals surface area (Å²) in [6, 6.07) is 0. The van der Waals surface area contributed by atoms with E-state index in [1.165, 1.54) is 7.11 Å².